The number of aliphatic hydroxyl groups excluding tert-OH is 1. The molecule has 6 heteroatoms. The van der Waals surface area contributed by atoms with Gasteiger partial charge in [-0.2, -0.15) is 5.26 Å². The van der Waals surface area contributed by atoms with Crippen molar-refractivity contribution in [3.63, 3.8) is 0 Å². The van der Waals surface area contributed by atoms with E-state index in [0.717, 1.165) is 0 Å². The molecule has 0 saturated heterocycles. The monoisotopic (exact) mass is 316 g/mol. The van der Waals surface area contributed by atoms with Crippen molar-refractivity contribution in [2.24, 2.45) is 0 Å². The average Bonchev–Trinajstić information content (AvgIpc) is 2.37. The first-order valence-corrected chi connectivity index (χ1v) is 7.02. The predicted molar refractivity (Wildman–Crippen MR) is 80.3 cm³/mol. The third kappa shape index (κ3) is 5.56. The van der Waals surface area contributed by atoms with E-state index in [1.54, 1.807) is 18.2 Å². The zero-order valence-corrected chi connectivity index (χ0v) is 13.0. The van der Waals surface area contributed by atoms with Gasteiger partial charge in [-0.1, -0.05) is 23.2 Å². The third-order valence-electron chi connectivity index (χ3n) is 2.96. The fraction of sp³-hybridized carbons (Fsp3) is 0.500. The maximum atomic E-state index is 9.92. The molecule has 0 radical (unpaired) electrons. The quantitative estimate of drug-likeness (QED) is 0.840. The van der Waals surface area contributed by atoms with Crippen LogP contribution in [0.3, 0.4) is 0 Å². The van der Waals surface area contributed by atoms with Crippen LogP contribution >= 0.6 is 23.2 Å². The van der Waals surface area contributed by atoms with Crippen molar-refractivity contribution >= 4 is 23.2 Å². The van der Waals surface area contributed by atoms with Gasteiger partial charge in [-0.15, -0.1) is 0 Å². The molecule has 110 valence electrons. The summed E-state index contributed by atoms with van der Waals surface area (Å²) in [5.41, 5.74) is 0. The van der Waals surface area contributed by atoms with Crippen molar-refractivity contribution in [1.29, 1.82) is 5.26 Å². The molecule has 0 fully saturated rings. The Morgan fingerprint density at radius 3 is 2.75 bits per heavy atom. The van der Waals surface area contributed by atoms with Gasteiger partial charge in [-0.05, 0) is 32.2 Å². The van der Waals surface area contributed by atoms with Crippen LogP contribution in [-0.4, -0.2) is 42.4 Å². The molecule has 2 atom stereocenters. The molecule has 0 aliphatic rings. The minimum atomic E-state index is -0.659. The zero-order chi connectivity index (χ0) is 15.1. The lowest BCUT2D eigenvalue weighted by molar-refractivity contribution is 0.0661. The molecule has 0 aromatic heterocycles. The molecule has 1 aromatic carbocycles. The number of rotatable bonds is 7. The summed E-state index contributed by atoms with van der Waals surface area (Å²) in [4.78, 5) is 1.92. The van der Waals surface area contributed by atoms with Crippen molar-refractivity contribution < 1.29 is 9.84 Å². The van der Waals surface area contributed by atoms with E-state index in [2.05, 4.69) is 6.07 Å². The second-order valence-electron chi connectivity index (χ2n) is 4.69. The normalized spacial score (nSPS) is 13.8. The van der Waals surface area contributed by atoms with E-state index in [9.17, 15) is 5.11 Å². The first-order valence-electron chi connectivity index (χ1n) is 6.27. The highest BCUT2D eigenvalue weighted by Gasteiger charge is 2.14. The number of halogens is 2. The van der Waals surface area contributed by atoms with Crippen LogP contribution in [0.2, 0.25) is 10.0 Å². The summed E-state index contributed by atoms with van der Waals surface area (Å²) in [5, 5.41) is 19.5. The number of likely N-dealkylation sites (N-methyl/N-ethyl adjacent to an activating group) is 1. The van der Waals surface area contributed by atoms with Crippen LogP contribution in [0.4, 0.5) is 0 Å². The molecule has 0 aliphatic carbocycles. The van der Waals surface area contributed by atoms with Crippen molar-refractivity contribution in [3.05, 3.63) is 28.2 Å². The van der Waals surface area contributed by atoms with E-state index in [1.165, 1.54) is 0 Å². The lowest BCUT2D eigenvalue weighted by Crippen LogP contribution is -2.38. The maximum Gasteiger partial charge on any atom is 0.138 e. The van der Waals surface area contributed by atoms with Crippen LogP contribution in [0, 0.1) is 11.3 Å². The second-order valence-corrected chi connectivity index (χ2v) is 5.53. The highest BCUT2D eigenvalue weighted by molar-refractivity contribution is 6.35. The van der Waals surface area contributed by atoms with Gasteiger partial charge < -0.3 is 9.84 Å². The van der Waals surface area contributed by atoms with Gasteiger partial charge in [0, 0.05) is 17.6 Å². The Morgan fingerprint density at radius 1 is 1.45 bits per heavy atom. The zero-order valence-electron chi connectivity index (χ0n) is 11.5. The largest absolute Gasteiger partial charge is 0.489 e. The topological polar surface area (TPSA) is 56.5 Å². The van der Waals surface area contributed by atoms with Gasteiger partial charge in [0.2, 0.25) is 0 Å². The van der Waals surface area contributed by atoms with E-state index in [0.29, 0.717) is 28.8 Å². The summed E-state index contributed by atoms with van der Waals surface area (Å²) in [6.45, 7) is 2.49. The van der Waals surface area contributed by atoms with E-state index < -0.39 is 6.10 Å². The molecule has 1 aromatic rings. The summed E-state index contributed by atoms with van der Waals surface area (Å²) in [7, 11) is 1.86. The number of benzene rings is 1. The number of nitriles is 1. The first-order chi connectivity index (χ1) is 9.43. The van der Waals surface area contributed by atoms with Gasteiger partial charge >= 0.3 is 0 Å². The summed E-state index contributed by atoms with van der Waals surface area (Å²) in [6, 6.07) is 7.13. The SMILES string of the molecule is CC(CC#N)N(C)CC(O)COc1ccc(Cl)cc1Cl. The molecule has 0 aliphatic heterocycles. The summed E-state index contributed by atoms with van der Waals surface area (Å²) in [5.74, 6) is 0.489. The van der Waals surface area contributed by atoms with Crippen LogP contribution in [0.25, 0.3) is 0 Å². The summed E-state index contributed by atoms with van der Waals surface area (Å²) >= 11 is 11.8. The van der Waals surface area contributed by atoms with E-state index in [4.69, 9.17) is 33.2 Å². The number of hydrogen-bond donors (Lipinski definition) is 1. The maximum absolute atomic E-state index is 9.92. The first kappa shape index (κ1) is 17.1. The Kier molecular flexibility index (Phi) is 7.11. The van der Waals surface area contributed by atoms with E-state index in [1.807, 2.05) is 18.9 Å². The van der Waals surface area contributed by atoms with E-state index >= 15 is 0 Å². The molecule has 1 N–H and O–H groups in total. The molecular formula is C14H18Cl2N2O2. The van der Waals surface area contributed by atoms with Crippen molar-refractivity contribution in [2.45, 2.75) is 25.5 Å². The highest BCUT2D eigenvalue weighted by atomic mass is 35.5. The van der Waals surface area contributed by atoms with Crippen molar-refractivity contribution in [3.8, 4) is 11.8 Å². The second kappa shape index (κ2) is 8.33. The molecule has 0 saturated carbocycles. The molecule has 0 heterocycles. The molecular weight excluding hydrogens is 299 g/mol. The van der Waals surface area contributed by atoms with Gasteiger partial charge in [0.05, 0.1) is 17.5 Å². The lowest BCUT2D eigenvalue weighted by atomic mass is 10.2. The number of ether oxygens (including phenoxy) is 1. The standard InChI is InChI=1S/C14H18Cl2N2O2/c1-10(5-6-17)18(2)8-12(19)9-20-14-4-3-11(15)7-13(14)16/h3-4,7,10,12,19H,5,8-9H2,1-2H3. The van der Waals surface area contributed by atoms with Crippen LogP contribution in [0.1, 0.15) is 13.3 Å². The lowest BCUT2D eigenvalue weighted by Gasteiger charge is -2.25. The average molecular weight is 317 g/mol. The summed E-state index contributed by atoms with van der Waals surface area (Å²) in [6.07, 6.45) is -0.236. The molecule has 0 amide bonds. The smallest absolute Gasteiger partial charge is 0.138 e. The number of nitrogens with zero attached hydrogens (tertiary/aromatic N) is 2. The number of aliphatic hydroxyl groups is 1. The van der Waals surface area contributed by atoms with Gasteiger partial charge in [0.1, 0.15) is 18.5 Å². The predicted octanol–water partition coefficient (Wildman–Crippen LogP) is 2.97. The summed E-state index contributed by atoms with van der Waals surface area (Å²) < 4.78 is 5.46. The molecule has 2 unspecified atom stereocenters. The Bertz CT molecular complexity index is 477. The van der Waals surface area contributed by atoms with Crippen LogP contribution in [0.5, 0.6) is 5.75 Å². The third-order valence-corrected chi connectivity index (χ3v) is 3.49. The number of hydrogen-bond acceptors (Lipinski definition) is 4. The minimum absolute atomic E-state index is 0.0915. The molecule has 1 rings (SSSR count). The molecule has 20 heavy (non-hydrogen) atoms. The minimum Gasteiger partial charge on any atom is -0.489 e. The molecule has 0 bridgehead atoms. The fourth-order valence-electron chi connectivity index (χ4n) is 1.63. The van der Waals surface area contributed by atoms with Crippen LogP contribution < -0.4 is 4.74 Å². The van der Waals surface area contributed by atoms with Crippen LogP contribution in [0.15, 0.2) is 18.2 Å². The molecule has 4 nitrogen and oxygen atoms in total. The Hall–Kier alpha value is -0.990. The van der Waals surface area contributed by atoms with Gasteiger partial charge in [0.25, 0.3) is 0 Å². The van der Waals surface area contributed by atoms with Gasteiger partial charge in [-0.3, -0.25) is 4.90 Å². The van der Waals surface area contributed by atoms with Gasteiger partial charge in [-0.25, -0.2) is 0 Å². The van der Waals surface area contributed by atoms with Gasteiger partial charge in [0.15, 0.2) is 0 Å². The molecule has 0 spiro atoms. The Balaban J connectivity index is 2.43. The Labute approximate surface area is 129 Å². The van der Waals surface area contributed by atoms with Crippen molar-refractivity contribution in [1.82, 2.24) is 4.90 Å². The van der Waals surface area contributed by atoms with Crippen molar-refractivity contribution in [2.75, 3.05) is 20.2 Å². The fourth-order valence-corrected chi connectivity index (χ4v) is 2.09. The Morgan fingerprint density at radius 2 is 2.15 bits per heavy atom. The van der Waals surface area contributed by atoms with Crippen LogP contribution in [-0.2, 0) is 0 Å². The van der Waals surface area contributed by atoms with E-state index in [-0.39, 0.29) is 12.6 Å². The highest BCUT2D eigenvalue weighted by Crippen LogP contribution is 2.27.